The summed E-state index contributed by atoms with van der Waals surface area (Å²) in [5.74, 6) is 1.28. The highest BCUT2D eigenvalue weighted by Gasteiger charge is 2.23. The van der Waals surface area contributed by atoms with Crippen molar-refractivity contribution in [3.8, 4) is 11.1 Å². The van der Waals surface area contributed by atoms with E-state index in [9.17, 15) is 4.39 Å². The van der Waals surface area contributed by atoms with Gasteiger partial charge in [-0.2, -0.15) is 10.2 Å². The van der Waals surface area contributed by atoms with Crippen molar-refractivity contribution in [1.29, 1.82) is 0 Å². The number of aromatic nitrogens is 7. The number of anilines is 2. The van der Waals surface area contributed by atoms with Crippen LogP contribution in [0.1, 0.15) is 17.2 Å². The summed E-state index contributed by atoms with van der Waals surface area (Å²) >= 11 is 0. The van der Waals surface area contributed by atoms with E-state index in [4.69, 9.17) is 5.73 Å². The Morgan fingerprint density at radius 3 is 2.25 bits per heavy atom. The third-order valence-electron chi connectivity index (χ3n) is 6.53. The number of rotatable bonds is 5. The third kappa shape index (κ3) is 4.13. The molecular formula is C25H25FN10. The van der Waals surface area contributed by atoms with Crippen molar-refractivity contribution < 1.29 is 4.39 Å². The average molecular weight is 485 g/mol. The van der Waals surface area contributed by atoms with Crippen molar-refractivity contribution in [3.05, 3.63) is 84.6 Å². The van der Waals surface area contributed by atoms with E-state index in [0.717, 1.165) is 59.8 Å². The zero-order chi connectivity index (χ0) is 24.6. The van der Waals surface area contributed by atoms with Gasteiger partial charge in [0.05, 0.1) is 12.2 Å². The van der Waals surface area contributed by atoms with E-state index in [-0.39, 0.29) is 5.82 Å². The smallest absolute Gasteiger partial charge is 0.225 e. The monoisotopic (exact) mass is 484 g/mol. The van der Waals surface area contributed by atoms with Crippen LogP contribution in [0.25, 0.3) is 16.6 Å². The molecule has 1 aromatic carbocycles. The highest BCUT2D eigenvalue weighted by Crippen LogP contribution is 2.27. The first-order valence-electron chi connectivity index (χ1n) is 11.7. The standard InChI is InChI=1S/C25H25FN10/c1-33-14-20(13-31-33)18-10-22-24(30-16-32-36(22)15-18)34-6-8-35(9-7-34)25-28-11-19(12-29-25)23(27)17-2-4-21(26)5-3-17/h2-5,10-16,23H,6-9,27H2,1H3/t23-/m1/s1. The minimum Gasteiger partial charge on any atom is -0.351 e. The lowest BCUT2D eigenvalue weighted by atomic mass is 10.0. The van der Waals surface area contributed by atoms with Gasteiger partial charge in [0, 0.05) is 74.7 Å². The Bertz CT molecular complexity index is 1480. The van der Waals surface area contributed by atoms with Crippen LogP contribution in [-0.4, -0.2) is 60.5 Å². The van der Waals surface area contributed by atoms with Crippen LogP contribution >= 0.6 is 0 Å². The molecule has 1 aliphatic rings. The molecule has 1 aliphatic heterocycles. The van der Waals surface area contributed by atoms with Gasteiger partial charge in [-0.05, 0) is 23.8 Å². The van der Waals surface area contributed by atoms with E-state index in [0.29, 0.717) is 5.95 Å². The van der Waals surface area contributed by atoms with Crippen molar-refractivity contribution in [2.45, 2.75) is 6.04 Å². The highest BCUT2D eigenvalue weighted by molar-refractivity contribution is 5.77. The molecule has 0 spiro atoms. The number of aryl methyl sites for hydroxylation is 1. The maximum atomic E-state index is 13.2. The number of nitrogens with two attached hydrogens (primary N) is 1. The molecule has 0 unspecified atom stereocenters. The maximum Gasteiger partial charge on any atom is 0.225 e. The van der Waals surface area contributed by atoms with E-state index in [1.165, 1.54) is 12.1 Å². The van der Waals surface area contributed by atoms with Gasteiger partial charge in [-0.25, -0.2) is 23.9 Å². The molecule has 0 saturated carbocycles. The Morgan fingerprint density at radius 2 is 1.56 bits per heavy atom. The van der Waals surface area contributed by atoms with Gasteiger partial charge in [-0.15, -0.1) is 0 Å². The summed E-state index contributed by atoms with van der Waals surface area (Å²) in [4.78, 5) is 18.1. The van der Waals surface area contributed by atoms with Crippen LogP contribution in [0, 0.1) is 5.82 Å². The predicted molar refractivity (Wildman–Crippen MR) is 134 cm³/mol. The lowest BCUT2D eigenvalue weighted by Gasteiger charge is -2.35. The van der Waals surface area contributed by atoms with E-state index in [1.54, 1.807) is 35.5 Å². The number of benzene rings is 1. The molecule has 182 valence electrons. The van der Waals surface area contributed by atoms with Crippen LogP contribution in [0.4, 0.5) is 16.2 Å². The Balaban J connectivity index is 1.15. The second-order valence-corrected chi connectivity index (χ2v) is 8.86. The molecule has 36 heavy (non-hydrogen) atoms. The predicted octanol–water partition coefficient (Wildman–Crippen LogP) is 2.43. The number of nitrogens with zero attached hydrogens (tertiary/aromatic N) is 9. The molecule has 1 saturated heterocycles. The van der Waals surface area contributed by atoms with Gasteiger partial charge >= 0.3 is 0 Å². The lowest BCUT2D eigenvalue weighted by molar-refractivity contribution is 0.626. The van der Waals surface area contributed by atoms with Crippen LogP contribution in [0.2, 0.25) is 0 Å². The number of hydrogen-bond donors (Lipinski definition) is 1. The third-order valence-corrected chi connectivity index (χ3v) is 6.53. The van der Waals surface area contributed by atoms with E-state index in [1.807, 2.05) is 30.2 Å². The summed E-state index contributed by atoms with van der Waals surface area (Å²) in [6.07, 6.45) is 10.9. The molecular weight excluding hydrogens is 459 g/mol. The minimum atomic E-state index is -0.407. The fourth-order valence-electron chi connectivity index (χ4n) is 4.52. The average Bonchev–Trinajstić information content (AvgIpc) is 3.55. The number of halogens is 1. The van der Waals surface area contributed by atoms with Crippen LogP contribution in [0.5, 0.6) is 0 Å². The molecule has 5 aromatic rings. The molecule has 0 radical (unpaired) electrons. The summed E-state index contributed by atoms with van der Waals surface area (Å²) in [6.45, 7) is 3.08. The summed E-state index contributed by atoms with van der Waals surface area (Å²) in [5.41, 5.74) is 11.0. The quantitative estimate of drug-likeness (QED) is 0.406. The van der Waals surface area contributed by atoms with E-state index >= 15 is 0 Å². The number of fused-ring (bicyclic) bond motifs is 1. The Hall–Kier alpha value is -4.38. The highest BCUT2D eigenvalue weighted by atomic mass is 19.1. The molecule has 1 fully saturated rings. The zero-order valence-electron chi connectivity index (χ0n) is 19.7. The van der Waals surface area contributed by atoms with Crippen molar-refractivity contribution in [2.24, 2.45) is 12.8 Å². The molecule has 0 bridgehead atoms. The largest absolute Gasteiger partial charge is 0.351 e. The summed E-state index contributed by atoms with van der Waals surface area (Å²) < 4.78 is 16.9. The molecule has 10 nitrogen and oxygen atoms in total. The summed E-state index contributed by atoms with van der Waals surface area (Å²) in [5, 5.41) is 8.66. The zero-order valence-corrected chi connectivity index (χ0v) is 19.7. The van der Waals surface area contributed by atoms with Crippen molar-refractivity contribution in [2.75, 3.05) is 36.0 Å². The fraction of sp³-hybridized carbons (Fsp3) is 0.240. The molecule has 6 rings (SSSR count). The van der Waals surface area contributed by atoms with Gasteiger partial charge in [0.25, 0.3) is 0 Å². The molecule has 4 aromatic heterocycles. The lowest BCUT2D eigenvalue weighted by Crippen LogP contribution is -2.47. The Labute approximate surface area is 206 Å². The molecule has 1 atom stereocenters. The molecule has 2 N–H and O–H groups in total. The van der Waals surface area contributed by atoms with Gasteiger partial charge in [-0.3, -0.25) is 4.68 Å². The second kappa shape index (κ2) is 9.00. The van der Waals surface area contributed by atoms with E-state index in [2.05, 4.69) is 41.0 Å². The summed E-state index contributed by atoms with van der Waals surface area (Å²) in [6, 6.07) is 7.87. The van der Waals surface area contributed by atoms with Crippen LogP contribution in [0.3, 0.4) is 0 Å². The van der Waals surface area contributed by atoms with E-state index < -0.39 is 6.04 Å². The maximum absolute atomic E-state index is 13.2. The minimum absolute atomic E-state index is 0.287. The molecule has 0 aliphatic carbocycles. The molecule has 11 heteroatoms. The Kier molecular flexibility index (Phi) is 5.53. The first-order chi connectivity index (χ1) is 17.5. The van der Waals surface area contributed by atoms with Gasteiger partial charge in [-0.1, -0.05) is 12.1 Å². The van der Waals surface area contributed by atoms with Crippen molar-refractivity contribution >= 4 is 17.3 Å². The van der Waals surface area contributed by atoms with Crippen LogP contribution in [-0.2, 0) is 7.05 Å². The Morgan fingerprint density at radius 1 is 0.833 bits per heavy atom. The second-order valence-electron chi connectivity index (χ2n) is 8.86. The van der Waals surface area contributed by atoms with Gasteiger partial charge in [0.15, 0.2) is 5.82 Å². The SMILES string of the molecule is Cn1cc(-c2cc3c(N4CCN(c5ncc([C@H](N)c6ccc(F)cc6)cn5)CC4)ncnn3c2)cn1. The normalized spacial score (nSPS) is 15.0. The first kappa shape index (κ1) is 22.1. The van der Waals surface area contributed by atoms with Crippen LogP contribution in [0.15, 0.2) is 67.6 Å². The number of hydrogen-bond acceptors (Lipinski definition) is 8. The first-order valence-corrected chi connectivity index (χ1v) is 11.7. The van der Waals surface area contributed by atoms with Crippen LogP contribution < -0.4 is 15.5 Å². The van der Waals surface area contributed by atoms with Gasteiger partial charge in [0.2, 0.25) is 5.95 Å². The van der Waals surface area contributed by atoms with Crippen molar-refractivity contribution in [1.82, 2.24) is 34.3 Å². The topological polar surface area (TPSA) is 106 Å². The molecule has 0 amide bonds. The van der Waals surface area contributed by atoms with Crippen molar-refractivity contribution in [3.63, 3.8) is 0 Å². The van der Waals surface area contributed by atoms with Gasteiger partial charge in [0.1, 0.15) is 17.7 Å². The fourth-order valence-corrected chi connectivity index (χ4v) is 4.52. The molecule has 5 heterocycles. The summed E-state index contributed by atoms with van der Waals surface area (Å²) in [7, 11) is 1.90. The number of piperazine rings is 1. The van der Waals surface area contributed by atoms with Gasteiger partial charge < -0.3 is 15.5 Å².